The summed E-state index contributed by atoms with van der Waals surface area (Å²) in [4.78, 5) is 2.65. The summed E-state index contributed by atoms with van der Waals surface area (Å²) < 4.78 is 0. The highest BCUT2D eigenvalue weighted by atomic mass is 15.2. The number of benzene rings is 1. The third-order valence-electron chi connectivity index (χ3n) is 3.84. The van der Waals surface area contributed by atoms with Gasteiger partial charge in [-0.05, 0) is 18.5 Å². The number of hydrogen-bond donors (Lipinski definition) is 1. The molecule has 100 valence electrons. The fourth-order valence-electron chi connectivity index (χ4n) is 2.76. The van der Waals surface area contributed by atoms with Crippen LogP contribution in [-0.4, -0.2) is 31.1 Å². The van der Waals surface area contributed by atoms with E-state index in [0.717, 1.165) is 13.1 Å². The van der Waals surface area contributed by atoms with Crippen LogP contribution in [0.4, 0.5) is 0 Å². The summed E-state index contributed by atoms with van der Waals surface area (Å²) in [5, 5.41) is 3.52. The van der Waals surface area contributed by atoms with Crippen LogP contribution in [0.5, 0.6) is 0 Å². The van der Waals surface area contributed by atoms with Crippen molar-refractivity contribution in [2.75, 3.05) is 26.2 Å². The summed E-state index contributed by atoms with van der Waals surface area (Å²) in [6, 6.07) is 11.5. The minimum absolute atomic E-state index is 0.571. The molecule has 18 heavy (non-hydrogen) atoms. The normalized spacial score (nSPS) is 21.1. The summed E-state index contributed by atoms with van der Waals surface area (Å²) >= 11 is 0. The van der Waals surface area contributed by atoms with Crippen LogP contribution in [0.1, 0.15) is 44.2 Å². The summed E-state index contributed by atoms with van der Waals surface area (Å²) in [7, 11) is 0. The van der Waals surface area contributed by atoms with Gasteiger partial charge in [-0.3, -0.25) is 4.90 Å². The van der Waals surface area contributed by atoms with Gasteiger partial charge in [-0.1, -0.05) is 56.5 Å². The van der Waals surface area contributed by atoms with Crippen LogP contribution in [0, 0.1) is 0 Å². The Balaban J connectivity index is 1.90. The molecule has 0 bridgehead atoms. The average Bonchev–Trinajstić information content (AvgIpc) is 2.45. The van der Waals surface area contributed by atoms with E-state index < -0.39 is 0 Å². The molecule has 0 aromatic heterocycles. The van der Waals surface area contributed by atoms with Gasteiger partial charge in [-0.15, -0.1) is 0 Å². The van der Waals surface area contributed by atoms with Gasteiger partial charge in [0.05, 0.1) is 0 Å². The van der Waals surface area contributed by atoms with Crippen molar-refractivity contribution in [3.63, 3.8) is 0 Å². The molecule has 1 aromatic carbocycles. The molecule has 1 aromatic rings. The molecule has 2 rings (SSSR count). The van der Waals surface area contributed by atoms with Gasteiger partial charge in [0.1, 0.15) is 0 Å². The first-order chi connectivity index (χ1) is 8.92. The standard InChI is InChI=1S/C16H26N2/c1-2-3-4-8-12-18-13-11-17-14-16(18)15-9-6-5-7-10-15/h5-7,9-10,16-17H,2-4,8,11-14H2,1H3. The summed E-state index contributed by atoms with van der Waals surface area (Å²) in [6.45, 7) is 6.94. The van der Waals surface area contributed by atoms with E-state index in [9.17, 15) is 0 Å². The summed E-state index contributed by atoms with van der Waals surface area (Å²) in [5.41, 5.74) is 1.46. The van der Waals surface area contributed by atoms with Crippen molar-refractivity contribution in [2.45, 2.75) is 38.6 Å². The highest BCUT2D eigenvalue weighted by Gasteiger charge is 2.22. The van der Waals surface area contributed by atoms with Crippen LogP contribution in [-0.2, 0) is 0 Å². The predicted octanol–water partition coefficient (Wildman–Crippen LogP) is 3.21. The zero-order valence-electron chi connectivity index (χ0n) is 11.6. The van der Waals surface area contributed by atoms with E-state index in [2.05, 4.69) is 47.5 Å². The molecule has 1 heterocycles. The van der Waals surface area contributed by atoms with E-state index in [0.29, 0.717) is 6.04 Å². The van der Waals surface area contributed by atoms with E-state index in [1.54, 1.807) is 0 Å². The molecule has 0 aliphatic carbocycles. The van der Waals surface area contributed by atoms with Gasteiger partial charge >= 0.3 is 0 Å². The molecule has 0 amide bonds. The highest BCUT2D eigenvalue weighted by molar-refractivity contribution is 5.20. The maximum Gasteiger partial charge on any atom is 0.0473 e. The van der Waals surface area contributed by atoms with Gasteiger partial charge in [0.25, 0.3) is 0 Å². The van der Waals surface area contributed by atoms with E-state index >= 15 is 0 Å². The zero-order valence-corrected chi connectivity index (χ0v) is 11.6. The van der Waals surface area contributed by atoms with Crippen LogP contribution in [0.2, 0.25) is 0 Å². The lowest BCUT2D eigenvalue weighted by molar-refractivity contribution is 0.159. The second-order valence-electron chi connectivity index (χ2n) is 5.23. The number of unbranched alkanes of at least 4 members (excludes halogenated alkanes) is 3. The van der Waals surface area contributed by atoms with Crippen molar-refractivity contribution >= 4 is 0 Å². The van der Waals surface area contributed by atoms with Gasteiger partial charge in [-0.25, -0.2) is 0 Å². The summed E-state index contributed by atoms with van der Waals surface area (Å²) in [6.07, 6.45) is 5.42. The van der Waals surface area contributed by atoms with Crippen molar-refractivity contribution in [1.82, 2.24) is 10.2 Å². The van der Waals surface area contributed by atoms with Crippen molar-refractivity contribution < 1.29 is 0 Å². The molecular formula is C16H26N2. The monoisotopic (exact) mass is 246 g/mol. The highest BCUT2D eigenvalue weighted by Crippen LogP contribution is 2.22. The first kappa shape index (κ1) is 13.6. The SMILES string of the molecule is CCCCCCN1CCNCC1c1ccccc1. The molecule has 2 nitrogen and oxygen atoms in total. The van der Waals surface area contributed by atoms with Gasteiger partial charge in [0.2, 0.25) is 0 Å². The van der Waals surface area contributed by atoms with Crippen LogP contribution in [0.25, 0.3) is 0 Å². The minimum atomic E-state index is 0.571. The Morgan fingerprint density at radius 1 is 1.17 bits per heavy atom. The van der Waals surface area contributed by atoms with Gasteiger partial charge in [-0.2, -0.15) is 0 Å². The van der Waals surface area contributed by atoms with E-state index in [1.165, 1.54) is 44.3 Å². The maximum atomic E-state index is 3.52. The number of nitrogens with zero attached hydrogens (tertiary/aromatic N) is 1. The molecule has 1 aliphatic rings. The Bertz CT molecular complexity index is 323. The van der Waals surface area contributed by atoms with Crippen LogP contribution in [0.15, 0.2) is 30.3 Å². The second-order valence-corrected chi connectivity index (χ2v) is 5.23. The largest absolute Gasteiger partial charge is 0.314 e. The molecule has 1 unspecified atom stereocenters. The van der Waals surface area contributed by atoms with Crippen molar-refractivity contribution in [1.29, 1.82) is 0 Å². The van der Waals surface area contributed by atoms with Crippen LogP contribution in [0.3, 0.4) is 0 Å². The van der Waals surface area contributed by atoms with Crippen LogP contribution < -0.4 is 5.32 Å². The molecule has 0 radical (unpaired) electrons. The van der Waals surface area contributed by atoms with Crippen molar-refractivity contribution in [2.24, 2.45) is 0 Å². The first-order valence-electron chi connectivity index (χ1n) is 7.41. The molecule has 1 aliphatic heterocycles. The molecule has 1 N–H and O–H groups in total. The molecule has 2 heteroatoms. The number of nitrogens with one attached hydrogen (secondary N) is 1. The van der Waals surface area contributed by atoms with Gasteiger partial charge < -0.3 is 5.32 Å². The lowest BCUT2D eigenvalue weighted by Crippen LogP contribution is -2.46. The fraction of sp³-hybridized carbons (Fsp3) is 0.625. The Labute approximate surface area is 111 Å². The third kappa shape index (κ3) is 3.82. The summed E-state index contributed by atoms with van der Waals surface area (Å²) in [5.74, 6) is 0. The third-order valence-corrected chi connectivity index (χ3v) is 3.84. The number of rotatable bonds is 6. The van der Waals surface area contributed by atoms with E-state index in [4.69, 9.17) is 0 Å². The van der Waals surface area contributed by atoms with Crippen molar-refractivity contribution in [3.05, 3.63) is 35.9 Å². The van der Waals surface area contributed by atoms with Gasteiger partial charge in [0.15, 0.2) is 0 Å². The smallest absolute Gasteiger partial charge is 0.0473 e. The molecule has 1 saturated heterocycles. The number of hydrogen-bond acceptors (Lipinski definition) is 2. The zero-order chi connectivity index (χ0) is 12.6. The Kier molecular flexibility index (Phi) is 5.69. The van der Waals surface area contributed by atoms with E-state index in [1.807, 2.05) is 0 Å². The topological polar surface area (TPSA) is 15.3 Å². The average molecular weight is 246 g/mol. The Hall–Kier alpha value is -0.860. The first-order valence-corrected chi connectivity index (χ1v) is 7.41. The van der Waals surface area contributed by atoms with Crippen LogP contribution >= 0.6 is 0 Å². The van der Waals surface area contributed by atoms with Gasteiger partial charge in [0, 0.05) is 25.7 Å². The lowest BCUT2D eigenvalue weighted by atomic mass is 10.0. The quantitative estimate of drug-likeness (QED) is 0.775. The Morgan fingerprint density at radius 3 is 2.78 bits per heavy atom. The molecule has 0 spiro atoms. The molecule has 0 saturated carbocycles. The van der Waals surface area contributed by atoms with Crippen molar-refractivity contribution in [3.8, 4) is 0 Å². The lowest BCUT2D eigenvalue weighted by Gasteiger charge is -2.36. The number of piperazine rings is 1. The maximum absolute atomic E-state index is 3.52. The van der Waals surface area contributed by atoms with E-state index in [-0.39, 0.29) is 0 Å². The second kappa shape index (κ2) is 7.55. The minimum Gasteiger partial charge on any atom is -0.314 e. The molecule has 1 atom stereocenters. The predicted molar refractivity (Wildman–Crippen MR) is 77.8 cm³/mol. The molecule has 1 fully saturated rings. The Morgan fingerprint density at radius 2 is 2.00 bits per heavy atom. The molecular weight excluding hydrogens is 220 g/mol. The fourth-order valence-corrected chi connectivity index (χ4v) is 2.76.